The van der Waals surface area contributed by atoms with Gasteiger partial charge in [-0.25, -0.2) is 0 Å². The highest BCUT2D eigenvalue weighted by Crippen LogP contribution is 2.25. The summed E-state index contributed by atoms with van der Waals surface area (Å²) < 4.78 is 5.15. The lowest BCUT2D eigenvalue weighted by Crippen LogP contribution is -2.10. The van der Waals surface area contributed by atoms with E-state index >= 15 is 0 Å². The van der Waals surface area contributed by atoms with E-state index in [1.54, 1.807) is 13.3 Å². The van der Waals surface area contributed by atoms with E-state index < -0.39 is 0 Å². The molecule has 0 bridgehead atoms. The smallest absolute Gasteiger partial charge is 0.119 e. The lowest BCUT2D eigenvalue weighted by Gasteiger charge is -2.20. The third kappa shape index (κ3) is 2.60. The summed E-state index contributed by atoms with van der Waals surface area (Å²) in [5.41, 5.74) is 8.63. The molecule has 0 fully saturated rings. The minimum absolute atomic E-state index is 0.449. The summed E-state index contributed by atoms with van der Waals surface area (Å²) in [5.74, 6) is 0.851. The monoisotopic (exact) mass is 243 g/mol. The number of pyridine rings is 1. The second-order valence-electron chi connectivity index (χ2n) is 3.97. The molecule has 1 aromatic carbocycles. The molecule has 2 rings (SSSR count). The van der Waals surface area contributed by atoms with Crippen molar-refractivity contribution in [2.45, 2.75) is 6.54 Å². The highest BCUT2D eigenvalue weighted by Gasteiger charge is 2.05. The second-order valence-corrected chi connectivity index (χ2v) is 3.97. The molecule has 1 heterocycles. The third-order valence-electron chi connectivity index (χ3n) is 2.86. The predicted octanol–water partition coefficient (Wildman–Crippen LogP) is 2.32. The Balaban J connectivity index is 2.25. The maximum Gasteiger partial charge on any atom is 0.119 e. The van der Waals surface area contributed by atoms with Crippen molar-refractivity contribution in [3.05, 3.63) is 48.3 Å². The number of benzene rings is 1. The number of hydrogen-bond donors (Lipinski definition) is 1. The Hall–Kier alpha value is -2.07. The first kappa shape index (κ1) is 12.4. The average molecular weight is 243 g/mol. The summed E-state index contributed by atoms with van der Waals surface area (Å²) in [5, 5.41) is 0. The van der Waals surface area contributed by atoms with Crippen LogP contribution in [0.2, 0.25) is 0 Å². The molecule has 0 unspecified atom stereocenters. The van der Waals surface area contributed by atoms with Crippen LogP contribution in [-0.4, -0.2) is 19.1 Å². The van der Waals surface area contributed by atoms with Crippen LogP contribution in [0.15, 0.2) is 42.6 Å². The first-order valence-corrected chi connectivity index (χ1v) is 5.77. The molecular weight excluding hydrogens is 226 g/mol. The molecule has 0 aliphatic carbocycles. The van der Waals surface area contributed by atoms with Gasteiger partial charge in [0.05, 0.1) is 12.8 Å². The fraction of sp³-hybridized carbons (Fsp3) is 0.214. The maximum atomic E-state index is 5.60. The Labute approximate surface area is 107 Å². The number of anilines is 2. The first-order chi connectivity index (χ1) is 8.74. The van der Waals surface area contributed by atoms with E-state index in [0.717, 1.165) is 22.8 Å². The summed E-state index contributed by atoms with van der Waals surface area (Å²) in [4.78, 5) is 6.27. The summed E-state index contributed by atoms with van der Waals surface area (Å²) in [6.45, 7) is 0.449. The van der Waals surface area contributed by atoms with Gasteiger partial charge in [-0.1, -0.05) is 0 Å². The fourth-order valence-electron chi connectivity index (χ4n) is 1.74. The van der Waals surface area contributed by atoms with Crippen molar-refractivity contribution in [1.29, 1.82) is 0 Å². The van der Waals surface area contributed by atoms with Gasteiger partial charge in [-0.15, -0.1) is 0 Å². The summed E-state index contributed by atoms with van der Waals surface area (Å²) >= 11 is 0. The number of ether oxygens (including phenoxy) is 1. The van der Waals surface area contributed by atoms with E-state index in [0.29, 0.717) is 6.54 Å². The van der Waals surface area contributed by atoms with Crippen LogP contribution in [0.4, 0.5) is 11.4 Å². The largest absolute Gasteiger partial charge is 0.497 e. The van der Waals surface area contributed by atoms with Crippen LogP contribution in [0, 0.1) is 0 Å². The van der Waals surface area contributed by atoms with Gasteiger partial charge in [0.1, 0.15) is 5.75 Å². The van der Waals surface area contributed by atoms with E-state index in [9.17, 15) is 0 Å². The van der Waals surface area contributed by atoms with Gasteiger partial charge in [-0.05, 0) is 36.4 Å². The summed E-state index contributed by atoms with van der Waals surface area (Å²) in [6.07, 6.45) is 1.78. The number of methoxy groups -OCH3 is 1. The van der Waals surface area contributed by atoms with Crippen LogP contribution in [0.3, 0.4) is 0 Å². The molecule has 0 saturated heterocycles. The quantitative estimate of drug-likeness (QED) is 0.895. The lowest BCUT2D eigenvalue weighted by atomic mass is 10.2. The van der Waals surface area contributed by atoms with Gasteiger partial charge in [0.15, 0.2) is 0 Å². The van der Waals surface area contributed by atoms with Gasteiger partial charge < -0.3 is 15.4 Å². The molecule has 0 atom stereocenters. The van der Waals surface area contributed by atoms with Gasteiger partial charge in [0.2, 0.25) is 0 Å². The normalized spacial score (nSPS) is 10.2. The number of hydrogen-bond acceptors (Lipinski definition) is 4. The zero-order valence-electron chi connectivity index (χ0n) is 10.6. The Kier molecular flexibility index (Phi) is 3.79. The number of nitrogens with two attached hydrogens (primary N) is 1. The Morgan fingerprint density at radius 3 is 2.50 bits per heavy atom. The van der Waals surface area contributed by atoms with E-state index in [1.807, 2.05) is 43.4 Å². The van der Waals surface area contributed by atoms with E-state index in [2.05, 4.69) is 9.88 Å². The minimum Gasteiger partial charge on any atom is -0.497 e. The van der Waals surface area contributed by atoms with Crippen LogP contribution in [0.25, 0.3) is 0 Å². The Morgan fingerprint density at radius 1 is 1.17 bits per heavy atom. The van der Waals surface area contributed by atoms with Crippen LogP contribution in [0.1, 0.15) is 5.69 Å². The SMILES string of the molecule is COc1ccc(N(C)c2ccnc(CN)c2)cc1. The van der Waals surface area contributed by atoms with Gasteiger partial charge in [-0.3, -0.25) is 4.98 Å². The Bertz CT molecular complexity index is 511. The van der Waals surface area contributed by atoms with Crippen molar-refractivity contribution in [3.63, 3.8) is 0 Å². The highest BCUT2D eigenvalue weighted by atomic mass is 16.5. The molecular formula is C14H17N3O. The van der Waals surface area contributed by atoms with Crippen molar-refractivity contribution in [3.8, 4) is 5.75 Å². The second kappa shape index (κ2) is 5.51. The molecule has 0 aliphatic rings. The van der Waals surface area contributed by atoms with E-state index in [1.165, 1.54) is 0 Å². The van der Waals surface area contributed by atoms with Crippen molar-refractivity contribution in [2.24, 2.45) is 5.73 Å². The van der Waals surface area contributed by atoms with Crippen LogP contribution in [0.5, 0.6) is 5.75 Å². The van der Waals surface area contributed by atoms with E-state index in [-0.39, 0.29) is 0 Å². The van der Waals surface area contributed by atoms with Crippen LogP contribution >= 0.6 is 0 Å². The zero-order chi connectivity index (χ0) is 13.0. The number of nitrogens with zero attached hydrogens (tertiary/aromatic N) is 2. The first-order valence-electron chi connectivity index (χ1n) is 5.77. The van der Waals surface area contributed by atoms with Crippen LogP contribution in [-0.2, 0) is 6.54 Å². The van der Waals surface area contributed by atoms with Gasteiger partial charge in [-0.2, -0.15) is 0 Å². The molecule has 2 N–H and O–H groups in total. The minimum atomic E-state index is 0.449. The van der Waals surface area contributed by atoms with Crippen molar-refractivity contribution < 1.29 is 4.74 Å². The zero-order valence-corrected chi connectivity index (χ0v) is 10.6. The molecule has 0 amide bonds. The van der Waals surface area contributed by atoms with Gasteiger partial charge in [0, 0.05) is 31.2 Å². The highest BCUT2D eigenvalue weighted by molar-refractivity contribution is 5.63. The molecule has 94 valence electrons. The summed E-state index contributed by atoms with van der Waals surface area (Å²) in [6, 6.07) is 11.9. The van der Waals surface area contributed by atoms with Crippen molar-refractivity contribution in [1.82, 2.24) is 4.98 Å². The molecule has 0 spiro atoms. The lowest BCUT2D eigenvalue weighted by molar-refractivity contribution is 0.415. The molecule has 0 aliphatic heterocycles. The molecule has 4 heteroatoms. The fourth-order valence-corrected chi connectivity index (χ4v) is 1.74. The van der Waals surface area contributed by atoms with E-state index in [4.69, 9.17) is 10.5 Å². The van der Waals surface area contributed by atoms with Crippen LogP contribution < -0.4 is 15.4 Å². The molecule has 18 heavy (non-hydrogen) atoms. The predicted molar refractivity (Wildman–Crippen MR) is 73.2 cm³/mol. The maximum absolute atomic E-state index is 5.60. The molecule has 4 nitrogen and oxygen atoms in total. The summed E-state index contributed by atoms with van der Waals surface area (Å²) in [7, 11) is 3.67. The standard InChI is InChI=1S/C14H17N3O/c1-17(12-3-5-14(18-2)6-4-12)13-7-8-16-11(9-13)10-15/h3-9H,10,15H2,1-2H3. The molecule has 0 radical (unpaired) electrons. The Morgan fingerprint density at radius 2 is 1.89 bits per heavy atom. The van der Waals surface area contributed by atoms with Gasteiger partial charge in [0.25, 0.3) is 0 Å². The third-order valence-corrected chi connectivity index (χ3v) is 2.86. The molecule has 0 saturated carbocycles. The molecule has 1 aromatic heterocycles. The van der Waals surface area contributed by atoms with Crippen molar-refractivity contribution in [2.75, 3.05) is 19.1 Å². The number of rotatable bonds is 4. The topological polar surface area (TPSA) is 51.4 Å². The molecule has 2 aromatic rings. The average Bonchev–Trinajstić information content (AvgIpc) is 2.46. The van der Waals surface area contributed by atoms with Crippen molar-refractivity contribution >= 4 is 11.4 Å². The number of aromatic nitrogens is 1. The van der Waals surface area contributed by atoms with Gasteiger partial charge >= 0.3 is 0 Å².